The molecule has 5 rings (SSSR count). The van der Waals surface area contributed by atoms with Crippen LogP contribution in [-0.4, -0.2) is 25.8 Å². The van der Waals surface area contributed by atoms with Crippen LogP contribution in [0.15, 0.2) is 95.9 Å². The van der Waals surface area contributed by atoms with Crippen LogP contribution >= 0.6 is 0 Å². The van der Waals surface area contributed by atoms with Gasteiger partial charge in [-0.2, -0.15) is 4.31 Å². The summed E-state index contributed by atoms with van der Waals surface area (Å²) in [7, 11) is -3.44. The summed E-state index contributed by atoms with van der Waals surface area (Å²) in [5.41, 5.74) is 5.00. The van der Waals surface area contributed by atoms with E-state index in [0.717, 1.165) is 12.8 Å². The van der Waals surface area contributed by atoms with E-state index >= 15 is 0 Å². The molecule has 1 heterocycles. The fourth-order valence-corrected chi connectivity index (χ4v) is 6.18. The third-order valence-electron chi connectivity index (χ3n) is 6.25. The monoisotopic (exact) mass is 401 g/mol. The molecule has 1 aliphatic carbocycles. The molecule has 1 fully saturated rings. The van der Waals surface area contributed by atoms with Gasteiger partial charge in [0.05, 0.1) is 4.90 Å². The Kier molecular flexibility index (Phi) is 4.41. The summed E-state index contributed by atoms with van der Waals surface area (Å²) in [6.07, 6.45) is 3.98. The Morgan fingerprint density at radius 2 is 1.31 bits per heavy atom. The number of hydrogen-bond donors (Lipinski definition) is 0. The van der Waals surface area contributed by atoms with Gasteiger partial charge in [0.25, 0.3) is 0 Å². The number of nitrogens with zero attached hydrogens (tertiary/aromatic N) is 1. The van der Waals surface area contributed by atoms with Gasteiger partial charge in [0.1, 0.15) is 0 Å². The molecule has 0 saturated carbocycles. The first kappa shape index (κ1) is 18.3. The van der Waals surface area contributed by atoms with Crippen molar-refractivity contribution in [2.45, 2.75) is 23.2 Å². The van der Waals surface area contributed by atoms with Crippen LogP contribution < -0.4 is 0 Å². The molecule has 3 aromatic rings. The minimum absolute atomic E-state index is 0.0928. The summed E-state index contributed by atoms with van der Waals surface area (Å²) in [6, 6.07) is 27.8. The Hall–Kier alpha value is -2.69. The van der Waals surface area contributed by atoms with E-state index in [4.69, 9.17) is 0 Å². The van der Waals surface area contributed by atoms with Gasteiger partial charge in [0, 0.05) is 18.5 Å². The molecule has 3 aromatic carbocycles. The lowest BCUT2D eigenvalue weighted by atomic mass is 9.75. The van der Waals surface area contributed by atoms with Gasteiger partial charge in [0.15, 0.2) is 0 Å². The van der Waals surface area contributed by atoms with Crippen LogP contribution in [0, 0.1) is 0 Å². The molecule has 0 bridgehead atoms. The molecule has 0 amide bonds. The lowest BCUT2D eigenvalue weighted by molar-refractivity contribution is 0.274. The molecule has 29 heavy (non-hydrogen) atoms. The van der Waals surface area contributed by atoms with E-state index in [1.54, 1.807) is 28.6 Å². The van der Waals surface area contributed by atoms with Gasteiger partial charge < -0.3 is 0 Å². The number of sulfonamides is 1. The average Bonchev–Trinajstić information content (AvgIpc) is 3.10. The number of piperidine rings is 1. The fraction of sp³-hybridized carbons (Fsp3) is 0.200. The van der Waals surface area contributed by atoms with Crippen LogP contribution in [-0.2, 0) is 15.4 Å². The Bertz CT molecular complexity index is 1160. The molecule has 0 atom stereocenters. The smallest absolute Gasteiger partial charge is 0.207 e. The average molecular weight is 402 g/mol. The van der Waals surface area contributed by atoms with Gasteiger partial charge in [-0.15, -0.1) is 0 Å². The standard InChI is InChI=1S/C25H23NO2S/c27-29(28,21-11-5-2-6-12-21)26-17-15-25(16-18-26)19-23(20-9-3-1-4-10-20)22-13-7-8-14-24(22)25/h1-14,19H,15-18H2. The summed E-state index contributed by atoms with van der Waals surface area (Å²) in [6.45, 7) is 1.06. The predicted molar refractivity (Wildman–Crippen MR) is 116 cm³/mol. The highest BCUT2D eigenvalue weighted by Crippen LogP contribution is 2.49. The molecule has 1 aliphatic heterocycles. The van der Waals surface area contributed by atoms with E-state index in [2.05, 4.69) is 54.6 Å². The molecule has 0 N–H and O–H groups in total. The van der Waals surface area contributed by atoms with Crippen molar-refractivity contribution in [2.75, 3.05) is 13.1 Å². The van der Waals surface area contributed by atoms with E-state index in [9.17, 15) is 8.42 Å². The minimum Gasteiger partial charge on any atom is -0.207 e. The number of allylic oxidation sites excluding steroid dienone is 1. The van der Waals surface area contributed by atoms with E-state index in [1.807, 2.05) is 12.1 Å². The summed E-state index contributed by atoms with van der Waals surface area (Å²) in [5.74, 6) is 0. The molecule has 146 valence electrons. The summed E-state index contributed by atoms with van der Waals surface area (Å²) in [5, 5.41) is 0. The number of benzene rings is 3. The van der Waals surface area contributed by atoms with Crippen molar-refractivity contribution in [1.82, 2.24) is 4.31 Å². The zero-order valence-electron chi connectivity index (χ0n) is 16.2. The second-order valence-electron chi connectivity index (χ2n) is 7.84. The van der Waals surface area contributed by atoms with Gasteiger partial charge in [-0.3, -0.25) is 0 Å². The zero-order chi connectivity index (χ0) is 19.9. The molecule has 1 spiro atoms. The van der Waals surface area contributed by atoms with Gasteiger partial charge in [-0.05, 0) is 47.2 Å². The third-order valence-corrected chi connectivity index (χ3v) is 8.17. The van der Waals surface area contributed by atoms with Crippen LogP contribution in [0.1, 0.15) is 29.5 Å². The predicted octanol–water partition coefficient (Wildman–Crippen LogP) is 4.85. The lowest BCUT2D eigenvalue weighted by Crippen LogP contribution is -2.43. The summed E-state index contributed by atoms with van der Waals surface area (Å²) < 4.78 is 27.7. The normalized spacial score (nSPS) is 18.4. The maximum absolute atomic E-state index is 13.0. The van der Waals surface area contributed by atoms with Crippen molar-refractivity contribution in [3.8, 4) is 0 Å². The highest BCUT2D eigenvalue weighted by Gasteiger charge is 2.43. The topological polar surface area (TPSA) is 37.4 Å². The first-order chi connectivity index (χ1) is 14.1. The first-order valence-corrected chi connectivity index (χ1v) is 11.5. The van der Waals surface area contributed by atoms with Crippen molar-refractivity contribution in [3.05, 3.63) is 108 Å². The Morgan fingerprint density at radius 1 is 0.724 bits per heavy atom. The molecule has 2 aliphatic rings. The van der Waals surface area contributed by atoms with E-state index in [1.165, 1.54) is 22.3 Å². The minimum atomic E-state index is -3.44. The van der Waals surface area contributed by atoms with Crippen LogP contribution in [0.5, 0.6) is 0 Å². The Labute approximate surface area is 172 Å². The summed E-state index contributed by atoms with van der Waals surface area (Å²) >= 11 is 0. The maximum atomic E-state index is 13.0. The van der Waals surface area contributed by atoms with E-state index in [0.29, 0.717) is 18.0 Å². The SMILES string of the molecule is O=S(=O)(c1ccccc1)N1CCC2(C=C(c3ccccc3)c3ccccc32)CC1. The first-order valence-electron chi connectivity index (χ1n) is 10.0. The Morgan fingerprint density at radius 3 is 2.00 bits per heavy atom. The van der Waals surface area contributed by atoms with Crippen LogP contribution in [0.4, 0.5) is 0 Å². The second kappa shape index (κ2) is 6.97. The van der Waals surface area contributed by atoms with Crippen molar-refractivity contribution in [1.29, 1.82) is 0 Å². The van der Waals surface area contributed by atoms with Crippen LogP contribution in [0.3, 0.4) is 0 Å². The Balaban J connectivity index is 1.48. The maximum Gasteiger partial charge on any atom is 0.243 e. The molecule has 0 radical (unpaired) electrons. The van der Waals surface area contributed by atoms with Gasteiger partial charge in [0.2, 0.25) is 10.0 Å². The van der Waals surface area contributed by atoms with E-state index in [-0.39, 0.29) is 5.41 Å². The molecule has 3 nitrogen and oxygen atoms in total. The molecule has 1 saturated heterocycles. The molecule has 0 aromatic heterocycles. The second-order valence-corrected chi connectivity index (χ2v) is 9.78. The molecular formula is C25H23NO2S. The molecular weight excluding hydrogens is 378 g/mol. The highest BCUT2D eigenvalue weighted by atomic mass is 32.2. The number of hydrogen-bond acceptors (Lipinski definition) is 2. The largest absolute Gasteiger partial charge is 0.243 e. The fourth-order valence-electron chi connectivity index (χ4n) is 4.72. The summed E-state index contributed by atoms with van der Waals surface area (Å²) in [4.78, 5) is 0.378. The zero-order valence-corrected chi connectivity index (χ0v) is 17.0. The number of fused-ring (bicyclic) bond motifs is 2. The lowest BCUT2D eigenvalue weighted by Gasteiger charge is -2.38. The van der Waals surface area contributed by atoms with Crippen LogP contribution in [0.25, 0.3) is 5.57 Å². The number of rotatable bonds is 3. The van der Waals surface area contributed by atoms with E-state index < -0.39 is 10.0 Å². The van der Waals surface area contributed by atoms with Crippen molar-refractivity contribution in [2.24, 2.45) is 0 Å². The third kappa shape index (κ3) is 3.04. The molecule has 4 heteroatoms. The van der Waals surface area contributed by atoms with Crippen molar-refractivity contribution < 1.29 is 8.42 Å². The quantitative estimate of drug-likeness (QED) is 0.629. The molecule has 0 unspecified atom stereocenters. The van der Waals surface area contributed by atoms with Crippen molar-refractivity contribution in [3.63, 3.8) is 0 Å². The van der Waals surface area contributed by atoms with Crippen molar-refractivity contribution >= 4 is 15.6 Å². The van der Waals surface area contributed by atoms with Gasteiger partial charge in [-0.25, -0.2) is 8.42 Å². The van der Waals surface area contributed by atoms with Gasteiger partial charge >= 0.3 is 0 Å². The van der Waals surface area contributed by atoms with Gasteiger partial charge in [-0.1, -0.05) is 78.9 Å². The van der Waals surface area contributed by atoms with Crippen LogP contribution in [0.2, 0.25) is 0 Å². The highest BCUT2D eigenvalue weighted by molar-refractivity contribution is 7.89.